The molecular weight excluding hydrogens is 448 g/mol. The zero-order chi connectivity index (χ0) is 20.4. The Morgan fingerprint density at radius 3 is 2.59 bits per heavy atom. The van der Waals surface area contributed by atoms with Gasteiger partial charge in [0.2, 0.25) is 5.91 Å². The van der Waals surface area contributed by atoms with Crippen LogP contribution in [0.25, 0.3) is 0 Å². The molecule has 146 valence electrons. The number of aryl methyl sites for hydroxylation is 1. The van der Waals surface area contributed by atoms with Gasteiger partial charge < -0.3 is 5.32 Å². The summed E-state index contributed by atoms with van der Waals surface area (Å²) in [6.07, 6.45) is 0. The van der Waals surface area contributed by atoms with Gasteiger partial charge in [-0.15, -0.1) is 11.8 Å². The Kier molecular flexibility index (Phi) is 5.74. The zero-order valence-electron chi connectivity index (χ0n) is 15.8. The van der Waals surface area contributed by atoms with Crippen molar-refractivity contribution >= 4 is 50.9 Å². The molecule has 1 aliphatic heterocycles. The third-order valence-electron chi connectivity index (χ3n) is 4.73. The van der Waals surface area contributed by atoms with Crippen molar-refractivity contribution in [3.63, 3.8) is 0 Å². The quantitative estimate of drug-likeness (QED) is 0.529. The molecule has 1 atom stereocenters. The summed E-state index contributed by atoms with van der Waals surface area (Å²) in [4.78, 5) is 27.0. The maximum Gasteiger partial charge on any atom is 0.256 e. The van der Waals surface area contributed by atoms with Crippen LogP contribution in [0.5, 0.6) is 0 Å². The Hall–Kier alpha value is -2.57. The van der Waals surface area contributed by atoms with Crippen molar-refractivity contribution in [2.45, 2.75) is 12.3 Å². The zero-order valence-corrected chi connectivity index (χ0v) is 18.2. The lowest BCUT2D eigenvalue weighted by molar-refractivity contribution is -0.115. The Morgan fingerprint density at radius 2 is 1.83 bits per heavy atom. The Balaban J connectivity index is 1.59. The Bertz CT molecular complexity index is 1070. The average molecular weight is 467 g/mol. The fraction of sp³-hybridized carbons (Fsp3) is 0.130. The maximum atomic E-state index is 12.6. The number of thioether (sulfide) groups is 1. The van der Waals surface area contributed by atoms with E-state index in [4.69, 9.17) is 0 Å². The van der Waals surface area contributed by atoms with E-state index in [0.29, 0.717) is 17.0 Å². The summed E-state index contributed by atoms with van der Waals surface area (Å²) in [6.45, 7) is 2.03. The van der Waals surface area contributed by atoms with E-state index in [1.165, 1.54) is 0 Å². The van der Waals surface area contributed by atoms with Gasteiger partial charge in [-0.2, -0.15) is 0 Å². The van der Waals surface area contributed by atoms with Gasteiger partial charge in [-0.3, -0.25) is 14.5 Å². The normalized spacial score (nSPS) is 16.1. The van der Waals surface area contributed by atoms with Gasteiger partial charge in [-0.25, -0.2) is 0 Å². The minimum atomic E-state index is -0.180. The van der Waals surface area contributed by atoms with Crippen LogP contribution in [0.3, 0.4) is 0 Å². The molecule has 4 rings (SSSR count). The number of hydrogen-bond acceptors (Lipinski definition) is 3. The molecule has 1 heterocycles. The summed E-state index contributed by atoms with van der Waals surface area (Å²) in [5, 5.41) is 2.83. The molecule has 0 aliphatic carbocycles. The van der Waals surface area contributed by atoms with E-state index < -0.39 is 0 Å². The van der Waals surface area contributed by atoms with Gasteiger partial charge in [0, 0.05) is 15.8 Å². The van der Waals surface area contributed by atoms with Crippen molar-refractivity contribution in [3.8, 4) is 0 Å². The second-order valence-electron chi connectivity index (χ2n) is 6.82. The van der Waals surface area contributed by atoms with Crippen LogP contribution in [-0.2, 0) is 4.79 Å². The second kappa shape index (κ2) is 8.43. The number of nitrogens with zero attached hydrogens (tertiary/aromatic N) is 1. The van der Waals surface area contributed by atoms with Gasteiger partial charge in [0.05, 0.1) is 11.3 Å². The van der Waals surface area contributed by atoms with Gasteiger partial charge in [0.25, 0.3) is 5.91 Å². The number of benzene rings is 3. The molecule has 0 aromatic heterocycles. The van der Waals surface area contributed by atoms with Gasteiger partial charge in [-0.1, -0.05) is 42.0 Å². The Morgan fingerprint density at radius 1 is 1.07 bits per heavy atom. The monoisotopic (exact) mass is 466 g/mol. The molecule has 0 bridgehead atoms. The van der Waals surface area contributed by atoms with Crippen molar-refractivity contribution in [1.82, 2.24) is 0 Å². The molecule has 29 heavy (non-hydrogen) atoms. The second-order valence-corrected chi connectivity index (χ2v) is 8.74. The summed E-state index contributed by atoms with van der Waals surface area (Å²) in [5.41, 5.74) is 4.29. The van der Waals surface area contributed by atoms with Gasteiger partial charge >= 0.3 is 0 Å². The Labute approximate surface area is 182 Å². The van der Waals surface area contributed by atoms with E-state index in [1.807, 2.05) is 78.6 Å². The van der Waals surface area contributed by atoms with Crippen LogP contribution >= 0.6 is 27.7 Å². The highest BCUT2D eigenvalue weighted by molar-refractivity contribution is 9.10. The molecule has 1 aliphatic rings. The lowest BCUT2D eigenvalue weighted by Crippen LogP contribution is -2.27. The predicted molar refractivity (Wildman–Crippen MR) is 122 cm³/mol. The minimum absolute atomic E-state index is 0.0894. The van der Waals surface area contributed by atoms with Gasteiger partial charge in [0.15, 0.2) is 0 Å². The highest BCUT2D eigenvalue weighted by atomic mass is 79.9. The molecule has 4 nitrogen and oxygen atoms in total. The van der Waals surface area contributed by atoms with E-state index in [9.17, 15) is 9.59 Å². The summed E-state index contributed by atoms with van der Waals surface area (Å²) in [5.74, 6) is 0.346. The van der Waals surface area contributed by atoms with Crippen LogP contribution in [-0.4, -0.2) is 17.6 Å². The van der Waals surface area contributed by atoms with E-state index in [2.05, 4.69) is 21.2 Å². The SMILES string of the molecule is Cc1ccc(N2C(=O)CSC2c2cccc(NC(=O)c3ccccc3Br)c2)cc1. The molecule has 6 heteroatoms. The number of nitrogens with one attached hydrogen (secondary N) is 1. The lowest BCUT2D eigenvalue weighted by Gasteiger charge is -2.25. The minimum Gasteiger partial charge on any atom is -0.322 e. The smallest absolute Gasteiger partial charge is 0.256 e. The fourth-order valence-corrected chi connectivity index (χ4v) is 4.90. The van der Waals surface area contributed by atoms with Crippen molar-refractivity contribution in [2.75, 3.05) is 16.0 Å². The van der Waals surface area contributed by atoms with E-state index >= 15 is 0 Å². The topological polar surface area (TPSA) is 49.4 Å². The van der Waals surface area contributed by atoms with Crippen LogP contribution in [0.15, 0.2) is 77.3 Å². The van der Waals surface area contributed by atoms with Gasteiger partial charge in [0.1, 0.15) is 5.37 Å². The maximum absolute atomic E-state index is 12.6. The third kappa shape index (κ3) is 4.23. The molecule has 3 aromatic rings. The molecule has 1 N–H and O–H groups in total. The molecule has 0 saturated carbocycles. The summed E-state index contributed by atoms with van der Waals surface area (Å²) >= 11 is 5.01. The molecule has 1 unspecified atom stereocenters. The summed E-state index contributed by atoms with van der Waals surface area (Å²) in [6, 6.07) is 23.0. The van der Waals surface area contributed by atoms with E-state index in [-0.39, 0.29) is 17.2 Å². The summed E-state index contributed by atoms with van der Waals surface area (Å²) in [7, 11) is 0. The van der Waals surface area contributed by atoms with E-state index in [1.54, 1.807) is 17.8 Å². The number of carbonyl (C=O) groups is 2. The fourth-order valence-electron chi connectivity index (χ4n) is 3.27. The first kappa shape index (κ1) is 19.7. The lowest BCUT2D eigenvalue weighted by atomic mass is 10.1. The first-order valence-electron chi connectivity index (χ1n) is 9.19. The number of rotatable bonds is 4. The van der Waals surface area contributed by atoms with Crippen LogP contribution in [0.4, 0.5) is 11.4 Å². The van der Waals surface area contributed by atoms with Crippen LogP contribution in [0.2, 0.25) is 0 Å². The number of hydrogen-bond donors (Lipinski definition) is 1. The highest BCUT2D eigenvalue weighted by Gasteiger charge is 2.34. The third-order valence-corrected chi connectivity index (χ3v) is 6.63. The predicted octanol–water partition coefficient (Wildman–Crippen LogP) is 5.79. The number of anilines is 2. The molecule has 0 radical (unpaired) electrons. The largest absolute Gasteiger partial charge is 0.322 e. The van der Waals surface area contributed by atoms with E-state index in [0.717, 1.165) is 21.3 Å². The number of amides is 2. The molecule has 2 amide bonds. The van der Waals surface area contributed by atoms with Gasteiger partial charge in [-0.05, 0) is 64.8 Å². The first-order valence-corrected chi connectivity index (χ1v) is 11.0. The van der Waals surface area contributed by atoms with Crippen molar-refractivity contribution in [1.29, 1.82) is 0 Å². The van der Waals surface area contributed by atoms with Crippen LogP contribution in [0, 0.1) is 6.92 Å². The summed E-state index contributed by atoms with van der Waals surface area (Å²) < 4.78 is 0.746. The molecule has 1 fully saturated rings. The van der Waals surface area contributed by atoms with Crippen LogP contribution in [0.1, 0.15) is 26.9 Å². The van der Waals surface area contributed by atoms with Crippen molar-refractivity contribution < 1.29 is 9.59 Å². The standard InChI is InChI=1S/C23H19BrN2O2S/c1-15-9-11-18(12-10-15)26-21(27)14-29-23(26)16-5-4-6-17(13-16)25-22(28)19-7-2-3-8-20(19)24/h2-13,23H,14H2,1H3,(H,25,28). The number of carbonyl (C=O) groups excluding carboxylic acids is 2. The first-order chi connectivity index (χ1) is 14.0. The molecule has 1 saturated heterocycles. The molecular formula is C23H19BrN2O2S. The molecule has 0 spiro atoms. The highest BCUT2D eigenvalue weighted by Crippen LogP contribution is 2.42. The molecule has 3 aromatic carbocycles. The van der Waals surface area contributed by atoms with Crippen molar-refractivity contribution in [3.05, 3.63) is 94.0 Å². The number of halogens is 1. The average Bonchev–Trinajstić information content (AvgIpc) is 3.10. The van der Waals surface area contributed by atoms with Crippen molar-refractivity contribution in [2.24, 2.45) is 0 Å². The van der Waals surface area contributed by atoms with Crippen LogP contribution < -0.4 is 10.2 Å².